The van der Waals surface area contributed by atoms with Gasteiger partial charge in [-0.2, -0.15) is 0 Å². The van der Waals surface area contributed by atoms with Gasteiger partial charge in [0.2, 0.25) is 5.91 Å². The Morgan fingerprint density at radius 1 is 0.756 bits per heavy atom. The number of cyclic esters (lactones) is 1. The van der Waals surface area contributed by atoms with Crippen LogP contribution in [0.2, 0.25) is 0 Å². The third-order valence-corrected chi connectivity index (χ3v) is 8.69. The van der Waals surface area contributed by atoms with Crippen LogP contribution in [-0.4, -0.2) is 39.0 Å². The van der Waals surface area contributed by atoms with Gasteiger partial charge in [-0.05, 0) is 40.5 Å². The Balaban J connectivity index is 1.56. The zero-order valence-corrected chi connectivity index (χ0v) is 21.8. The first-order valence-corrected chi connectivity index (χ1v) is 13.4. The minimum absolute atomic E-state index is 0.0308. The number of phenolic OH excluding ortho intramolecular Hbond substituents is 1. The molecule has 1 amide bonds. The second-order valence-electron chi connectivity index (χ2n) is 10.7. The Kier molecular flexibility index (Phi) is 5.69. The maximum absolute atomic E-state index is 14.3. The number of hydrogen-bond acceptors (Lipinski definition) is 6. The lowest BCUT2D eigenvalue weighted by molar-refractivity contribution is -0.179. The van der Waals surface area contributed by atoms with E-state index in [0.29, 0.717) is 16.8 Å². The van der Waals surface area contributed by atoms with E-state index in [1.54, 1.807) is 36.4 Å². The molecule has 4 aromatic rings. The molecule has 3 N–H and O–H groups in total. The fraction of sp³-hybridized carbons (Fsp3) is 0.182. The fourth-order valence-electron chi connectivity index (χ4n) is 7.19. The van der Waals surface area contributed by atoms with Crippen LogP contribution in [-0.2, 0) is 24.5 Å². The molecule has 41 heavy (non-hydrogen) atoms. The van der Waals surface area contributed by atoms with Crippen LogP contribution >= 0.6 is 0 Å². The second-order valence-corrected chi connectivity index (χ2v) is 10.7. The first-order chi connectivity index (χ1) is 19.9. The van der Waals surface area contributed by atoms with E-state index >= 15 is 0 Å². The number of rotatable bonds is 4. The van der Waals surface area contributed by atoms with Gasteiger partial charge in [0.25, 0.3) is 0 Å². The molecule has 6 atom stereocenters. The Labute approximate surface area is 235 Å². The van der Waals surface area contributed by atoms with E-state index in [0.717, 1.165) is 11.1 Å². The number of phenols is 1. The highest BCUT2D eigenvalue weighted by molar-refractivity contribution is 6.11. The number of hydrogen-bond donors (Lipinski definition) is 3. The quantitative estimate of drug-likeness (QED) is 0.317. The van der Waals surface area contributed by atoms with Crippen LogP contribution < -0.4 is 5.32 Å². The van der Waals surface area contributed by atoms with Crippen LogP contribution in [0.15, 0.2) is 109 Å². The summed E-state index contributed by atoms with van der Waals surface area (Å²) in [4.78, 5) is 43.5. The fourth-order valence-corrected chi connectivity index (χ4v) is 7.19. The topological polar surface area (TPSA) is 116 Å². The van der Waals surface area contributed by atoms with Gasteiger partial charge in [0.15, 0.2) is 0 Å². The number of anilines is 1. The summed E-state index contributed by atoms with van der Waals surface area (Å²) in [5.74, 6) is -3.88. The average Bonchev–Trinajstić information content (AvgIpc) is 3.47. The summed E-state index contributed by atoms with van der Waals surface area (Å²) in [6.07, 6.45) is -0.772. The zero-order valence-electron chi connectivity index (χ0n) is 21.8. The number of carbonyl (C=O) groups excluding carboxylic acids is 2. The van der Waals surface area contributed by atoms with E-state index in [1.165, 1.54) is 12.1 Å². The predicted octanol–water partition coefficient (Wildman–Crippen LogP) is 4.75. The molecule has 2 fully saturated rings. The molecule has 1 spiro atoms. The van der Waals surface area contributed by atoms with Crippen LogP contribution in [0, 0.1) is 5.92 Å². The lowest BCUT2D eigenvalue weighted by atomic mass is 9.65. The molecule has 0 aromatic heterocycles. The number of morpholine rings is 1. The number of carboxylic acids is 1. The molecule has 204 valence electrons. The summed E-state index contributed by atoms with van der Waals surface area (Å²) in [6.45, 7) is 0. The Hall–Kier alpha value is -4.95. The third-order valence-electron chi connectivity index (χ3n) is 8.69. The van der Waals surface area contributed by atoms with Crippen molar-refractivity contribution in [3.05, 3.63) is 131 Å². The normalized spacial score (nSPS) is 28.5. The molecule has 0 saturated carbocycles. The smallest absolute Gasteiger partial charge is 0.325 e. The number of carboxylic acid groups (broad SMARTS) is 1. The lowest BCUT2D eigenvalue weighted by Crippen LogP contribution is -2.52. The van der Waals surface area contributed by atoms with Crippen LogP contribution in [0.3, 0.4) is 0 Å². The number of nitrogens with one attached hydrogen (secondary N) is 1. The van der Waals surface area contributed by atoms with E-state index < -0.39 is 53.4 Å². The Morgan fingerprint density at radius 2 is 1.37 bits per heavy atom. The van der Waals surface area contributed by atoms with Gasteiger partial charge in [-0.15, -0.1) is 0 Å². The SMILES string of the molecule is O=C1O[C@@H](c2ccccc2)[C@@H](c2ccccc2)N2[C@@H](c3ccc(O)cc3)[C@]3(C(=O)Nc4ccccc43)[C@@H](C(=O)O)[C@H]12. The largest absolute Gasteiger partial charge is 0.508 e. The van der Waals surface area contributed by atoms with Gasteiger partial charge in [0, 0.05) is 5.69 Å². The maximum atomic E-state index is 14.3. The van der Waals surface area contributed by atoms with Crippen molar-refractivity contribution in [1.29, 1.82) is 0 Å². The number of carbonyl (C=O) groups is 3. The van der Waals surface area contributed by atoms with E-state index in [1.807, 2.05) is 65.6 Å². The van der Waals surface area contributed by atoms with E-state index in [9.17, 15) is 24.6 Å². The molecule has 3 aliphatic rings. The number of benzene rings is 4. The van der Waals surface area contributed by atoms with Crippen LogP contribution in [0.5, 0.6) is 5.75 Å². The standard InChI is InChI=1S/C33H26N2O6/c36-22-17-15-21(16-18-22)29-33(23-13-7-8-14-24(23)34-32(33)40)25(30(37)38)27-31(39)41-28(20-11-5-2-6-12-20)26(35(27)29)19-9-3-1-4-10-19/h1-18,25-29,36H,(H,34,40)(H,37,38)/t25-,26-,27-,28+,29+,33-/m1/s1. The van der Waals surface area contributed by atoms with Crippen molar-refractivity contribution in [3.63, 3.8) is 0 Å². The summed E-state index contributed by atoms with van der Waals surface area (Å²) in [5, 5.41) is 23.9. The van der Waals surface area contributed by atoms with Crippen molar-refractivity contribution >= 4 is 23.5 Å². The van der Waals surface area contributed by atoms with Crippen molar-refractivity contribution in [1.82, 2.24) is 4.90 Å². The summed E-state index contributed by atoms with van der Waals surface area (Å²) >= 11 is 0. The molecule has 0 unspecified atom stereocenters. The lowest BCUT2D eigenvalue weighted by Gasteiger charge is -2.46. The maximum Gasteiger partial charge on any atom is 0.325 e. The van der Waals surface area contributed by atoms with E-state index in [4.69, 9.17) is 4.74 Å². The molecule has 0 aliphatic carbocycles. The van der Waals surface area contributed by atoms with Crippen molar-refractivity contribution in [2.24, 2.45) is 5.92 Å². The monoisotopic (exact) mass is 546 g/mol. The Morgan fingerprint density at radius 3 is 2.02 bits per heavy atom. The number of para-hydroxylation sites is 1. The molecule has 7 rings (SSSR count). The van der Waals surface area contributed by atoms with Crippen molar-refractivity contribution < 1.29 is 29.3 Å². The molecule has 0 bridgehead atoms. The molecule has 8 nitrogen and oxygen atoms in total. The van der Waals surface area contributed by atoms with Gasteiger partial charge < -0.3 is 20.3 Å². The van der Waals surface area contributed by atoms with Gasteiger partial charge in [-0.1, -0.05) is 91.0 Å². The summed E-state index contributed by atoms with van der Waals surface area (Å²) < 4.78 is 6.15. The molecule has 2 saturated heterocycles. The van der Waals surface area contributed by atoms with Crippen molar-refractivity contribution in [2.75, 3.05) is 5.32 Å². The van der Waals surface area contributed by atoms with E-state index in [-0.39, 0.29) is 5.75 Å². The molecule has 3 aliphatic heterocycles. The van der Waals surface area contributed by atoms with E-state index in [2.05, 4.69) is 5.32 Å². The van der Waals surface area contributed by atoms with Crippen LogP contribution in [0.1, 0.15) is 40.4 Å². The molecule has 3 heterocycles. The predicted molar refractivity (Wildman–Crippen MR) is 149 cm³/mol. The van der Waals surface area contributed by atoms with Crippen LogP contribution in [0.4, 0.5) is 5.69 Å². The van der Waals surface area contributed by atoms with Gasteiger partial charge in [0.05, 0.1) is 12.1 Å². The van der Waals surface area contributed by atoms with Crippen molar-refractivity contribution in [3.8, 4) is 5.75 Å². The van der Waals surface area contributed by atoms with Gasteiger partial charge in [-0.3, -0.25) is 19.3 Å². The number of nitrogens with zero attached hydrogens (tertiary/aromatic N) is 1. The number of esters is 1. The minimum atomic E-state index is -1.66. The van der Waals surface area contributed by atoms with Gasteiger partial charge in [-0.25, -0.2) is 0 Å². The summed E-state index contributed by atoms with van der Waals surface area (Å²) in [6, 6.07) is 29.5. The first kappa shape index (κ1) is 25.0. The number of fused-ring (bicyclic) bond motifs is 3. The minimum Gasteiger partial charge on any atom is -0.508 e. The molecule has 0 radical (unpaired) electrons. The first-order valence-electron chi connectivity index (χ1n) is 13.4. The highest BCUT2D eigenvalue weighted by Crippen LogP contribution is 2.64. The van der Waals surface area contributed by atoms with Crippen LogP contribution in [0.25, 0.3) is 0 Å². The van der Waals surface area contributed by atoms with Crippen molar-refractivity contribution in [2.45, 2.75) is 29.6 Å². The molecule has 8 heteroatoms. The highest BCUT2D eigenvalue weighted by atomic mass is 16.6. The van der Waals surface area contributed by atoms with Gasteiger partial charge >= 0.3 is 11.9 Å². The zero-order chi connectivity index (χ0) is 28.3. The van der Waals surface area contributed by atoms with Gasteiger partial charge in [0.1, 0.15) is 29.2 Å². The summed E-state index contributed by atoms with van der Waals surface area (Å²) in [5.41, 5.74) is 1.53. The second kappa shape index (κ2) is 9.31. The highest BCUT2D eigenvalue weighted by Gasteiger charge is 2.74. The summed E-state index contributed by atoms with van der Waals surface area (Å²) in [7, 11) is 0. The number of amides is 1. The average molecular weight is 547 g/mol. The third kappa shape index (κ3) is 3.54. The molecular formula is C33H26N2O6. The number of ether oxygens (including phenoxy) is 1. The Bertz CT molecular complexity index is 1660. The molecular weight excluding hydrogens is 520 g/mol. The number of aliphatic carboxylic acids is 1. The molecule has 4 aromatic carbocycles. The number of aromatic hydroxyl groups is 1.